The van der Waals surface area contributed by atoms with Crippen LogP contribution in [-0.2, 0) is 0 Å². The number of hydrogen-bond acceptors (Lipinski definition) is 3. The molecule has 1 aromatic heterocycles. The summed E-state index contributed by atoms with van der Waals surface area (Å²) in [4.78, 5) is 14.6. The summed E-state index contributed by atoms with van der Waals surface area (Å²) in [5.41, 5.74) is 6.81. The molecule has 1 atom stereocenters. The van der Waals surface area contributed by atoms with Crippen molar-refractivity contribution in [2.75, 3.05) is 5.73 Å². The maximum Gasteiger partial charge on any atom is 0.253 e. The van der Waals surface area contributed by atoms with Crippen molar-refractivity contribution in [2.45, 2.75) is 19.9 Å². The maximum atomic E-state index is 12.2. The number of carbonyl (C=O) groups is 1. The molecule has 0 aliphatic heterocycles. The molecule has 100 valence electrons. The lowest BCUT2D eigenvalue weighted by molar-refractivity contribution is 0.0941. The van der Waals surface area contributed by atoms with Crippen molar-refractivity contribution < 1.29 is 4.79 Å². The van der Waals surface area contributed by atoms with Crippen molar-refractivity contribution in [3.63, 3.8) is 0 Å². The van der Waals surface area contributed by atoms with Crippen molar-refractivity contribution in [1.82, 2.24) is 5.32 Å². The number of nitrogens with two attached hydrogens (primary N) is 1. The Kier molecular flexibility index (Phi) is 4.27. The molecule has 1 amide bonds. The molecule has 1 aromatic carbocycles. The van der Waals surface area contributed by atoms with Crippen LogP contribution in [-0.4, -0.2) is 5.91 Å². The third-order valence-electron chi connectivity index (χ3n) is 2.80. The minimum absolute atomic E-state index is 0.0235. The van der Waals surface area contributed by atoms with E-state index in [-0.39, 0.29) is 11.9 Å². The van der Waals surface area contributed by atoms with Crippen LogP contribution in [0.1, 0.15) is 33.1 Å². The van der Waals surface area contributed by atoms with E-state index in [0.29, 0.717) is 11.3 Å². The number of thiophene rings is 1. The van der Waals surface area contributed by atoms with Gasteiger partial charge in [0.15, 0.2) is 0 Å². The van der Waals surface area contributed by atoms with Gasteiger partial charge in [0.1, 0.15) is 0 Å². The summed E-state index contributed by atoms with van der Waals surface area (Å²) in [6, 6.07) is 9.34. The van der Waals surface area contributed by atoms with E-state index >= 15 is 0 Å². The van der Waals surface area contributed by atoms with Crippen molar-refractivity contribution in [3.8, 4) is 0 Å². The largest absolute Gasteiger partial charge is 0.398 e. The van der Waals surface area contributed by atoms with Crippen LogP contribution in [0.2, 0.25) is 0 Å². The average molecular weight is 339 g/mol. The fourth-order valence-electron chi connectivity index (χ4n) is 1.76. The molecule has 0 aliphatic rings. The van der Waals surface area contributed by atoms with E-state index < -0.39 is 0 Å². The molecule has 0 spiro atoms. The minimum Gasteiger partial charge on any atom is -0.398 e. The van der Waals surface area contributed by atoms with Crippen LogP contribution in [0.4, 0.5) is 5.69 Å². The van der Waals surface area contributed by atoms with E-state index in [9.17, 15) is 4.79 Å². The number of benzene rings is 1. The summed E-state index contributed by atoms with van der Waals surface area (Å²) < 4.78 is 0.839. The summed E-state index contributed by atoms with van der Waals surface area (Å²) in [6.07, 6.45) is 0. The Morgan fingerprint density at radius 2 is 2.11 bits per heavy atom. The van der Waals surface area contributed by atoms with Crippen LogP contribution in [0, 0.1) is 6.92 Å². The number of aryl methyl sites for hydroxylation is 1. The second-order valence-corrected chi connectivity index (χ2v) is 6.61. The molecule has 0 saturated carbocycles. The highest BCUT2D eigenvalue weighted by Gasteiger charge is 2.15. The summed E-state index contributed by atoms with van der Waals surface area (Å²) in [6.45, 7) is 4.02. The predicted octanol–water partition coefficient (Wildman–Crippen LogP) is 3.89. The monoisotopic (exact) mass is 338 g/mol. The number of rotatable bonds is 3. The van der Waals surface area contributed by atoms with Crippen LogP contribution in [0.25, 0.3) is 0 Å². The van der Waals surface area contributed by atoms with Crippen LogP contribution < -0.4 is 11.1 Å². The Balaban J connectivity index is 2.15. The van der Waals surface area contributed by atoms with Gasteiger partial charge in [-0.05, 0) is 44.2 Å². The van der Waals surface area contributed by atoms with Crippen molar-refractivity contribution in [1.29, 1.82) is 0 Å². The Morgan fingerprint density at radius 1 is 1.37 bits per heavy atom. The molecule has 0 aliphatic carbocycles. The molecule has 5 heteroatoms. The molecule has 1 heterocycles. The minimum atomic E-state index is -0.155. The maximum absolute atomic E-state index is 12.2. The van der Waals surface area contributed by atoms with Gasteiger partial charge in [-0.15, -0.1) is 11.3 Å². The van der Waals surface area contributed by atoms with E-state index in [1.54, 1.807) is 23.5 Å². The molecular formula is C14H15BrN2OS. The van der Waals surface area contributed by atoms with Gasteiger partial charge in [0, 0.05) is 19.9 Å². The average Bonchev–Trinajstić information content (AvgIpc) is 2.79. The quantitative estimate of drug-likeness (QED) is 0.834. The first-order valence-corrected chi connectivity index (χ1v) is 7.50. The number of amides is 1. The molecule has 2 aromatic rings. The van der Waals surface area contributed by atoms with Crippen LogP contribution in [0.15, 0.2) is 34.8 Å². The number of hydrogen-bond donors (Lipinski definition) is 2. The molecule has 1 unspecified atom stereocenters. The van der Waals surface area contributed by atoms with Gasteiger partial charge in [-0.3, -0.25) is 4.79 Å². The second-order valence-electron chi connectivity index (χ2n) is 4.38. The van der Waals surface area contributed by atoms with Gasteiger partial charge in [0.2, 0.25) is 0 Å². The fraction of sp³-hybridized carbons (Fsp3) is 0.214. The molecule has 0 saturated heterocycles. The zero-order chi connectivity index (χ0) is 14.0. The Hall–Kier alpha value is -1.33. The highest BCUT2D eigenvalue weighted by Crippen LogP contribution is 2.24. The van der Waals surface area contributed by atoms with Gasteiger partial charge in [0.05, 0.1) is 11.6 Å². The molecule has 3 nitrogen and oxygen atoms in total. The molecule has 0 bridgehead atoms. The lowest BCUT2D eigenvalue weighted by Crippen LogP contribution is -2.26. The first-order chi connectivity index (χ1) is 8.97. The van der Waals surface area contributed by atoms with Crippen LogP contribution >= 0.6 is 27.3 Å². The number of nitrogen functional groups attached to an aromatic ring is 1. The first kappa shape index (κ1) is 14.1. The van der Waals surface area contributed by atoms with E-state index in [4.69, 9.17) is 5.73 Å². The predicted molar refractivity (Wildman–Crippen MR) is 83.5 cm³/mol. The van der Waals surface area contributed by atoms with Gasteiger partial charge in [-0.1, -0.05) is 15.9 Å². The van der Waals surface area contributed by atoms with Crippen molar-refractivity contribution in [3.05, 3.63) is 50.1 Å². The standard InChI is InChI=1S/C14H15BrN2OS/c1-8-3-6-13(19-8)9(2)17-14(18)11-7-10(15)4-5-12(11)16/h3-7,9H,16H2,1-2H3,(H,17,18). The Morgan fingerprint density at radius 3 is 2.74 bits per heavy atom. The smallest absolute Gasteiger partial charge is 0.253 e. The van der Waals surface area contributed by atoms with Crippen molar-refractivity contribution >= 4 is 38.9 Å². The third-order valence-corrected chi connectivity index (χ3v) is 4.47. The number of nitrogens with one attached hydrogen (secondary N) is 1. The van der Waals surface area contributed by atoms with Gasteiger partial charge in [0.25, 0.3) is 5.91 Å². The summed E-state index contributed by atoms with van der Waals surface area (Å²) >= 11 is 5.03. The number of anilines is 1. The van der Waals surface area contributed by atoms with Crippen LogP contribution in [0.3, 0.4) is 0 Å². The zero-order valence-corrected chi connectivity index (χ0v) is 13.1. The normalized spacial score (nSPS) is 12.2. The molecule has 2 rings (SSSR count). The fourth-order valence-corrected chi connectivity index (χ4v) is 3.00. The molecular weight excluding hydrogens is 324 g/mol. The van der Waals surface area contributed by atoms with E-state index in [1.807, 2.05) is 19.1 Å². The number of carbonyl (C=O) groups excluding carboxylic acids is 1. The van der Waals surface area contributed by atoms with Gasteiger partial charge < -0.3 is 11.1 Å². The van der Waals surface area contributed by atoms with Gasteiger partial charge >= 0.3 is 0 Å². The molecule has 0 radical (unpaired) electrons. The topological polar surface area (TPSA) is 55.1 Å². The van der Waals surface area contributed by atoms with Gasteiger partial charge in [-0.25, -0.2) is 0 Å². The highest BCUT2D eigenvalue weighted by atomic mass is 79.9. The molecule has 19 heavy (non-hydrogen) atoms. The number of halogens is 1. The SMILES string of the molecule is Cc1ccc(C(C)NC(=O)c2cc(Br)ccc2N)s1. The summed E-state index contributed by atoms with van der Waals surface area (Å²) in [7, 11) is 0. The third kappa shape index (κ3) is 3.36. The van der Waals surface area contributed by atoms with E-state index in [2.05, 4.69) is 34.2 Å². The Labute approximate surface area is 125 Å². The first-order valence-electron chi connectivity index (χ1n) is 5.89. The molecule has 0 fully saturated rings. The van der Waals surface area contributed by atoms with E-state index in [0.717, 1.165) is 9.35 Å². The van der Waals surface area contributed by atoms with Crippen LogP contribution in [0.5, 0.6) is 0 Å². The lowest BCUT2D eigenvalue weighted by atomic mass is 10.1. The summed E-state index contributed by atoms with van der Waals surface area (Å²) in [5, 5.41) is 2.96. The summed E-state index contributed by atoms with van der Waals surface area (Å²) in [5.74, 6) is -0.155. The van der Waals surface area contributed by atoms with E-state index in [1.165, 1.54) is 4.88 Å². The zero-order valence-electron chi connectivity index (χ0n) is 10.7. The Bertz CT molecular complexity index is 609. The second kappa shape index (κ2) is 5.75. The molecule has 3 N–H and O–H groups in total. The van der Waals surface area contributed by atoms with Gasteiger partial charge in [-0.2, -0.15) is 0 Å². The lowest BCUT2D eigenvalue weighted by Gasteiger charge is -2.13. The van der Waals surface area contributed by atoms with Crippen molar-refractivity contribution in [2.24, 2.45) is 0 Å². The highest BCUT2D eigenvalue weighted by molar-refractivity contribution is 9.10.